The molecule has 0 aromatic heterocycles. The zero-order chi connectivity index (χ0) is 20.6. The molecule has 8 heteroatoms. The standard InChI is InChI=1S/C20H28IN3O4/c1-6-22-8-7-9-24(18(22)25)15-10-13-11-23(19(26)28-20(2,3)4)12-14(13)16(21)17(15)27-5/h10H,6-9,11-12H2,1-5H3. The first-order valence-corrected chi connectivity index (χ1v) is 10.7. The largest absolute Gasteiger partial charge is 0.493 e. The summed E-state index contributed by atoms with van der Waals surface area (Å²) in [5, 5.41) is 0. The monoisotopic (exact) mass is 501 g/mol. The SMILES string of the molecule is CCN1CCCN(c2cc3c(c(I)c2OC)CN(C(=O)OC(C)(C)C)C3)C1=O. The van der Waals surface area contributed by atoms with Gasteiger partial charge >= 0.3 is 12.1 Å². The molecule has 2 aliphatic rings. The molecule has 1 aromatic carbocycles. The van der Waals surface area contributed by atoms with E-state index < -0.39 is 5.60 Å². The second-order valence-electron chi connectivity index (χ2n) is 8.08. The highest BCUT2D eigenvalue weighted by Gasteiger charge is 2.34. The number of fused-ring (bicyclic) bond motifs is 1. The Balaban J connectivity index is 1.93. The summed E-state index contributed by atoms with van der Waals surface area (Å²) < 4.78 is 12.2. The van der Waals surface area contributed by atoms with Crippen molar-refractivity contribution in [3.05, 3.63) is 20.8 Å². The summed E-state index contributed by atoms with van der Waals surface area (Å²) in [6, 6.07) is 2.00. The van der Waals surface area contributed by atoms with Crippen LogP contribution in [-0.2, 0) is 17.8 Å². The Hall–Kier alpha value is -1.71. The normalized spacial score (nSPS) is 17.1. The van der Waals surface area contributed by atoms with Crippen LogP contribution in [0.15, 0.2) is 6.07 Å². The molecular weight excluding hydrogens is 473 g/mol. The van der Waals surface area contributed by atoms with Gasteiger partial charge in [-0.3, -0.25) is 9.80 Å². The van der Waals surface area contributed by atoms with E-state index in [0.29, 0.717) is 31.9 Å². The number of hydrogen-bond acceptors (Lipinski definition) is 4. The average Bonchev–Trinajstić information content (AvgIpc) is 3.05. The summed E-state index contributed by atoms with van der Waals surface area (Å²) in [7, 11) is 1.62. The average molecular weight is 501 g/mol. The maximum Gasteiger partial charge on any atom is 0.410 e. The number of benzene rings is 1. The quantitative estimate of drug-likeness (QED) is 0.583. The van der Waals surface area contributed by atoms with Crippen LogP contribution in [0.25, 0.3) is 0 Å². The van der Waals surface area contributed by atoms with Crippen LogP contribution >= 0.6 is 22.6 Å². The predicted molar refractivity (Wildman–Crippen MR) is 116 cm³/mol. The number of anilines is 1. The third kappa shape index (κ3) is 4.01. The van der Waals surface area contributed by atoms with Crippen LogP contribution in [0.1, 0.15) is 45.2 Å². The number of ether oxygens (including phenoxy) is 2. The molecule has 2 aliphatic heterocycles. The smallest absolute Gasteiger partial charge is 0.410 e. The van der Waals surface area contributed by atoms with Crippen molar-refractivity contribution in [3.8, 4) is 5.75 Å². The molecule has 0 unspecified atom stereocenters. The minimum atomic E-state index is -0.536. The summed E-state index contributed by atoms with van der Waals surface area (Å²) in [6.07, 6.45) is 0.590. The number of halogens is 1. The summed E-state index contributed by atoms with van der Waals surface area (Å²) >= 11 is 2.26. The molecule has 28 heavy (non-hydrogen) atoms. The molecule has 7 nitrogen and oxygen atoms in total. The fourth-order valence-electron chi connectivity index (χ4n) is 3.62. The molecule has 1 saturated heterocycles. The Kier molecular flexibility index (Phi) is 5.97. The van der Waals surface area contributed by atoms with Crippen LogP contribution in [0.4, 0.5) is 15.3 Å². The van der Waals surface area contributed by atoms with Gasteiger partial charge in [0, 0.05) is 26.2 Å². The molecule has 0 N–H and O–H groups in total. The van der Waals surface area contributed by atoms with Crippen molar-refractivity contribution in [1.29, 1.82) is 0 Å². The van der Waals surface area contributed by atoms with Gasteiger partial charge in [0.05, 0.1) is 22.9 Å². The van der Waals surface area contributed by atoms with Crippen LogP contribution < -0.4 is 9.64 Å². The van der Waals surface area contributed by atoms with E-state index in [1.54, 1.807) is 16.9 Å². The van der Waals surface area contributed by atoms with Crippen molar-refractivity contribution in [2.75, 3.05) is 31.6 Å². The summed E-state index contributed by atoms with van der Waals surface area (Å²) in [5.41, 5.74) is 2.34. The Morgan fingerprint density at radius 2 is 1.96 bits per heavy atom. The van der Waals surface area contributed by atoms with Crippen LogP contribution in [0, 0.1) is 3.57 Å². The van der Waals surface area contributed by atoms with Gasteiger partial charge in [0.2, 0.25) is 0 Å². The Labute approximate surface area is 180 Å². The minimum absolute atomic E-state index is 0.00444. The van der Waals surface area contributed by atoms with Gasteiger partial charge < -0.3 is 14.4 Å². The van der Waals surface area contributed by atoms with Crippen molar-refractivity contribution < 1.29 is 19.1 Å². The first kappa shape index (κ1) is 21.0. The summed E-state index contributed by atoms with van der Waals surface area (Å²) in [6.45, 7) is 10.7. The molecule has 0 spiro atoms. The first-order chi connectivity index (χ1) is 13.2. The van der Waals surface area contributed by atoms with E-state index in [1.165, 1.54) is 0 Å². The van der Waals surface area contributed by atoms with Crippen molar-refractivity contribution in [3.63, 3.8) is 0 Å². The van der Waals surface area contributed by atoms with Gasteiger partial charge in [-0.05, 0) is 73.9 Å². The van der Waals surface area contributed by atoms with Crippen molar-refractivity contribution in [2.24, 2.45) is 0 Å². The second kappa shape index (κ2) is 7.96. The van der Waals surface area contributed by atoms with Crippen molar-refractivity contribution >= 4 is 40.4 Å². The third-order valence-corrected chi connectivity index (χ3v) is 6.09. The molecular formula is C20H28IN3O4. The van der Waals surface area contributed by atoms with Gasteiger partial charge in [0.25, 0.3) is 0 Å². The van der Waals surface area contributed by atoms with E-state index in [4.69, 9.17) is 9.47 Å². The van der Waals surface area contributed by atoms with Crippen molar-refractivity contribution in [2.45, 2.75) is 52.8 Å². The number of rotatable bonds is 3. The van der Waals surface area contributed by atoms with E-state index in [2.05, 4.69) is 22.6 Å². The maximum absolute atomic E-state index is 12.9. The molecule has 3 amide bonds. The van der Waals surface area contributed by atoms with E-state index in [9.17, 15) is 9.59 Å². The number of urea groups is 1. The molecule has 3 rings (SSSR count). The number of methoxy groups -OCH3 is 1. The van der Waals surface area contributed by atoms with E-state index in [0.717, 1.165) is 33.4 Å². The summed E-state index contributed by atoms with van der Waals surface area (Å²) in [4.78, 5) is 30.7. The number of amides is 3. The molecule has 0 atom stereocenters. The lowest BCUT2D eigenvalue weighted by Crippen LogP contribution is -2.49. The third-order valence-electron chi connectivity index (χ3n) is 4.95. The van der Waals surface area contributed by atoms with Crippen molar-refractivity contribution in [1.82, 2.24) is 9.80 Å². The van der Waals surface area contributed by atoms with Gasteiger partial charge in [-0.1, -0.05) is 0 Å². The molecule has 2 heterocycles. The van der Waals surface area contributed by atoms with Crippen LogP contribution in [0.3, 0.4) is 0 Å². The molecule has 0 aliphatic carbocycles. The van der Waals surface area contributed by atoms with Gasteiger partial charge in [-0.15, -0.1) is 0 Å². The summed E-state index contributed by atoms with van der Waals surface area (Å²) in [5.74, 6) is 0.691. The minimum Gasteiger partial charge on any atom is -0.493 e. The lowest BCUT2D eigenvalue weighted by Gasteiger charge is -2.36. The molecule has 154 valence electrons. The maximum atomic E-state index is 12.9. The van der Waals surface area contributed by atoms with Gasteiger partial charge in [0.15, 0.2) is 5.75 Å². The Bertz CT molecular complexity index is 791. The number of carbonyl (C=O) groups is 2. The first-order valence-electron chi connectivity index (χ1n) is 9.58. The number of carbonyl (C=O) groups excluding carboxylic acids is 2. The number of hydrogen-bond donors (Lipinski definition) is 0. The van der Waals surface area contributed by atoms with E-state index >= 15 is 0 Å². The van der Waals surface area contributed by atoms with Crippen LogP contribution in [0.2, 0.25) is 0 Å². The number of nitrogens with zero attached hydrogens (tertiary/aromatic N) is 3. The van der Waals surface area contributed by atoms with E-state index in [1.807, 2.05) is 38.7 Å². The lowest BCUT2D eigenvalue weighted by molar-refractivity contribution is 0.0241. The van der Waals surface area contributed by atoms with Gasteiger partial charge in [-0.25, -0.2) is 9.59 Å². The van der Waals surface area contributed by atoms with Gasteiger partial charge in [0.1, 0.15) is 5.60 Å². The fourth-order valence-corrected chi connectivity index (χ4v) is 4.63. The Morgan fingerprint density at radius 3 is 2.57 bits per heavy atom. The molecule has 1 fully saturated rings. The zero-order valence-corrected chi connectivity index (χ0v) is 19.3. The fraction of sp³-hybridized carbons (Fsp3) is 0.600. The highest BCUT2D eigenvalue weighted by Crippen LogP contribution is 2.42. The molecule has 0 saturated carbocycles. The Morgan fingerprint density at radius 1 is 1.25 bits per heavy atom. The topological polar surface area (TPSA) is 62.3 Å². The zero-order valence-electron chi connectivity index (χ0n) is 17.2. The molecule has 0 bridgehead atoms. The highest BCUT2D eigenvalue weighted by molar-refractivity contribution is 14.1. The van der Waals surface area contributed by atoms with E-state index in [-0.39, 0.29) is 12.1 Å². The van der Waals surface area contributed by atoms with Gasteiger partial charge in [-0.2, -0.15) is 0 Å². The molecule has 0 radical (unpaired) electrons. The lowest BCUT2D eigenvalue weighted by atomic mass is 10.1. The second-order valence-corrected chi connectivity index (χ2v) is 9.16. The van der Waals surface area contributed by atoms with Crippen LogP contribution in [-0.4, -0.2) is 54.3 Å². The predicted octanol–water partition coefficient (Wildman–Crippen LogP) is 4.20. The van der Waals surface area contributed by atoms with Crippen LogP contribution in [0.5, 0.6) is 5.75 Å². The molecule has 1 aromatic rings. The highest BCUT2D eigenvalue weighted by atomic mass is 127.